The van der Waals surface area contributed by atoms with Gasteiger partial charge in [0.15, 0.2) is 0 Å². The van der Waals surface area contributed by atoms with Gasteiger partial charge >= 0.3 is 0 Å². The highest BCUT2D eigenvalue weighted by atomic mass is 32.2. The molecule has 168 valence electrons. The third-order valence-corrected chi connectivity index (χ3v) is 7.15. The second kappa shape index (κ2) is 10.4. The molecule has 0 heterocycles. The van der Waals surface area contributed by atoms with Gasteiger partial charge in [-0.2, -0.15) is 4.31 Å². The number of nitrogens with one attached hydrogen (secondary N) is 1. The smallest absolute Gasteiger partial charge is 0.255 e. The zero-order valence-electron chi connectivity index (χ0n) is 18.5. The fraction of sp³-hybridized carbons (Fsp3) is 0.240. The van der Waals surface area contributed by atoms with Crippen LogP contribution in [0.2, 0.25) is 0 Å². The molecule has 32 heavy (non-hydrogen) atoms. The van der Waals surface area contributed by atoms with Gasteiger partial charge in [-0.15, -0.1) is 0 Å². The molecule has 7 heteroatoms. The van der Waals surface area contributed by atoms with Crippen molar-refractivity contribution < 1.29 is 17.9 Å². The van der Waals surface area contributed by atoms with Crippen LogP contribution in [0.25, 0.3) is 0 Å². The number of hydrogen-bond donors (Lipinski definition) is 1. The highest BCUT2D eigenvalue weighted by molar-refractivity contribution is 7.89. The minimum atomic E-state index is -3.57. The quantitative estimate of drug-likeness (QED) is 0.503. The molecule has 0 fully saturated rings. The van der Waals surface area contributed by atoms with Crippen molar-refractivity contribution in [2.45, 2.75) is 32.3 Å². The van der Waals surface area contributed by atoms with E-state index in [4.69, 9.17) is 4.74 Å². The maximum absolute atomic E-state index is 12.8. The Morgan fingerprint density at radius 3 is 2.22 bits per heavy atom. The number of sulfonamides is 1. The predicted molar refractivity (Wildman–Crippen MR) is 126 cm³/mol. The van der Waals surface area contributed by atoms with Crippen molar-refractivity contribution in [1.29, 1.82) is 0 Å². The number of aryl methyl sites for hydroxylation is 1. The van der Waals surface area contributed by atoms with Crippen LogP contribution in [-0.2, 0) is 16.6 Å². The van der Waals surface area contributed by atoms with Crippen molar-refractivity contribution >= 4 is 21.6 Å². The Hall–Kier alpha value is -3.16. The first kappa shape index (κ1) is 23.5. The third-order valence-electron chi connectivity index (χ3n) is 5.08. The lowest BCUT2D eigenvalue weighted by atomic mass is 10.1. The zero-order valence-corrected chi connectivity index (χ0v) is 19.4. The van der Waals surface area contributed by atoms with Gasteiger partial charge in [0.1, 0.15) is 12.4 Å². The molecule has 0 saturated heterocycles. The van der Waals surface area contributed by atoms with Crippen LogP contribution < -0.4 is 10.1 Å². The van der Waals surface area contributed by atoms with Gasteiger partial charge in [0.05, 0.1) is 10.6 Å². The normalized spacial score (nSPS) is 11.4. The fourth-order valence-electron chi connectivity index (χ4n) is 3.27. The molecule has 3 rings (SSSR count). The van der Waals surface area contributed by atoms with E-state index in [-0.39, 0.29) is 10.8 Å². The summed E-state index contributed by atoms with van der Waals surface area (Å²) in [6, 6.07) is 21.3. The van der Waals surface area contributed by atoms with Crippen molar-refractivity contribution in [3.63, 3.8) is 0 Å². The maximum atomic E-state index is 12.8. The van der Waals surface area contributed by atoms with Crippen LogP contribution in [0.5, 0.6) is 5.75 Å². The van der Waals surface area contributed by atoms with Gasteiger partial charge < -0.3 is 10.1 Å². The molecule has 0 aliphatic heterocycles. The van der Waals surface area contributed by atoms with E-state index in [0.717, 1.165) is 11.1 Å². The molecule has 3 aromatic rings. The minimum Gasteiger partial charge on any atom is -0.487 e. The van der Waals surface area contributed by atoms with Crippen molar-refractivity contribution in [1.82, 2.24) is 4.31 Å². The number of carbonyl (C=O) groups is 1. The fourth-order valence-corrected chi connectivity index (χ4v) is 4.73. The Morgan fingerprint density at radius 1 is 0.938 bits per heavy atom. The lowest BCUT2D eigenvalue weighted by Gasteiger charge is -2.18. The lowest BCUT2D eigenvalue weighted by molar-refractivity contribution is 0.102. The van der Waals surface area contributed by atoms with Crippen LogP contribution in [0.3, 0.4) is 0 Å². The monoisotopic (exact) mass is 452 g/mol. The van der Waals surface area contributed by atoms with Crippen LogP contribution in [0.1, 0.15) is 35.3 Å². The van der Waals surface area contributed by atoms with Gasteiger partial charge in [0.25, 0.3) is 5.91 Å². The van der Waals surface area contributed by atoms with Crippen molar-refractivity contribution in [2.24, 2.45) is 0 Å². The molecule has 0 spiro atoms. The summed E-state index contributed by atoms with van der Waals surface area (Å²) < 4.78 is 32.6. The molecule has 1 N–H and O–H groups in total. The van der Waals surface area contributed by atoms with E-state index in [2.05, 4.69) is 5.32 Å². The Labute approximate surface area is 189 Å². The second-order valence-electron chi connectivity index (χ2n) is 7.34. The summed E-state index contributed by atoms with van der Waals surface area (Å²) in [6.07, 6.45) is 0. The van der Waals surface area contributed by atoms with E-state index in [1.807, 2.05) is 49.4 Å². The topological polar surface area (TPSA) is 75.7 Å². The molecular weight excluding hydrogens is 424 g/mol. The van der Waals surface area contributed by atoms with Crippen LogP contribution in [0, 0.1) is 6.92 Å². The van der Waals surface area contributed by atoms with Gasteiger partial charge in [-0.3, -0.25) is 4.79 Å². The minimum absolute atomic E-state index is 0.167. The van der Waals surface area contributed by atoms with E-state index < -0.39 is 10.0 Å². The summed E-state index contributed by atoms with van der Waals surface area (Å²) in [5, 5.41) is 2.87. The summed E-state index contributed by atoms with van der Waals surface area (Å²) in [7, 11) is -3.57. The molecule has 6 nitrogen and oxygen atoms in total. The first-order valence-electron chi connectivity index (χ1n) is 10.5. The molecule has 0 radical (unpaired) electrons. The van der Waals surface area contributed by atoms with E-state index >= 15 is 0 Å². The van der Waals surface area contributed by atoms with E-state index in [9.17, 15) is 13.2 Å². The Bertz CT molecular complexity index is 1160. The standard InChI is InChI=1S/C25H28N2O4S/c1-4-27(5-2)32(29,30)22-14-12-21(13-15-22)25(28)26-23-16-11-19(3)17-24(23)31-18-20-9-7-6-8-10-20/h6-17H,4-5,18H2,1-3H3,(H,26,28). The second-order valence-corrected chi connectivity index (χ2v) is 9.28. The molecule has 0 bridgehead atoms. The summed E-state index contributed by atoms with van der Waals surface area (Å²) in [5.41, 5.74) is 2.95. The average molecular weight is 453 g/mol. The average Bonchev–Trinajstić information content (AvgIpc) is 2.80. The molecular formula is C25H28N2O4S. The zero-order chi connectivity index (χ0) is 23.1. The largest absolute Gasteiger partial charge is 0.487 e. The van der Waals surface area contributed by atoms with Gasteiger partial charge in [0, 0.05) is 18.7 Å². The Kier molecular flexibility index (Phi) is 7.66. The number of anilines is 1. The molecule has 1 amide bonds. The van der Waals surface area contributed by atoms with Gasteiger partial charge in [-0.1, -0.05) is 50.2 Å². The van der Waals surface area contributed by atoms with Gasteiger partial charge in [-0.25, -0.2) is 8.42 Å². The first-order chi connectivity index (χ1) is 15.3. The summed E-state index contributed by atoms with van der Waals surface area (Å²) in [6.45, 7) is 6.70. The Morgan fingerprint density at radius 2 is 1.59 bits per heavy atom. The third kappa shape index (κ3) is 5.55. The number of hydrogen-bond acceptors (Lipinski definition) is 4. The molecule has 0 unspecified atom stereocenters. The van der Waals surface area contributed by atoms with Crippen molar-refractivity contribution in [2.75, 3.05) is 18.4 Å². The Balaban J connectivity index is 1.76. The van der Waals surface area contributed by atoms with Crippen LogP contribution >= 0.6 is 0 Å². The van der Waals surface area contributed by atoms with Crippen LogP contribution in [-0.4, -0.2) is 31.7 Å². The summed E-state index contributed by atoms with van der Waals surface area (Å²) in [5.74, 6) is 0.230. The molecule has 0 aliphatic rings. The number of rotatable bonds is 9. The highest BCUT2D eigenvalue weighted by Gasteiger charge is 2.21. The number of amides is 1. The van der Waals surface area contributed by atoms with E-state index in [1.165, 1.54) is 28.6 Å². The number of carbonyl (C=O) groups excluding carboxylic acids is 1. The highest BCUT2D eigenvalue weighted by Crippen LogP contribution is 2.27. The molecule has 0 aromatic heterocycles. The molecule has 3 aromatic carbocycles. The van der Waals surface area contributed by atoms with Crippen molar-refractivity contribution in [3.8, 4) is 5.75 Å². The van der Waals surface area contributed by atoms with Crippen LogP contribution in [0.4, 0.5) is 5.69 Å². The van der Waals surface area contributed by atoms with Crippen LogP contribution in [0.15, 0.2) is 77.7 Å². The number of ether oxygens (including phenoxy) is 1. The van der Waals surface area contributed by atoms with Gasteiger partial charge in [0.2, 0.25) is 10.0 Å². The van der Waals surface area contributed by atoms with Crippen molar-refractivity contribution in [3.05, 3.63) is 89.5 Å². The lowest BCUT2D eigenvalue weighted by Crippen LogP contribution is -2.30. The molecule has 0 atom stereocenters. The summed E-state index contributed by atoms with van der Waals surface area (Å²) in [4.78, 5) is 13.0. The molecule has 0 saturated carbocycles. The van der Waals surface area contributed by atoms with E-state index in [1.54, 1.807) is 19.9 Å². The first-order valence-corrected chi connectivity index (χ1v) is 12.0. The summed E-state index contributed by atoms with van der Waals surface area (Å²) >= 11 is 0. The SMILES string of the molecule is CCN(CC)S(=O)(=O)c1ccc(C(=O)Nc2ccc(C)cc2OCc2ccccc2)cc1. The number of benzene rings is 3. The molecule has 0 aliphatic carbocycles. The predicted octanol–water partition coefficient (Wildman–Crippen LogP) is 4.86. The van der Waals surface area contributed by atoms with E-state index in [0.29, 0.717) is 36.7 Å². The maximum Gasteiger partial charge on any atom is 0.255 e. The number of nitrogens with zero attached hydrogens (tertiary/aromatic N) is 1. The van der Waals surface area contributed by atoms with Gasteiger partial charge in [-0.05, 0) is 54.4 Å².